The van der Waals surface area contributed by atoms with Crippen molar-refractivity contribution in [1.82, 2.24) is 0 Å². The first-order valence-electron chi connectivity index (χ1n) is 0.577. The van der Waals surface area contributed by atoms with Crippen molar-refractivity contribution < 1.29 is 17.4 Å². The first-order valence-corrected chi connectivity index (χ1v) is 2.38. The molecule has 0 heterocycles. The Morgan fingerprint density at radius 1 is 1.25 bits per heavy atom. The fourth-order valence-electron chi connectivity index (χ4n) is 0. The maximum atomic E-state index is 4.75. The van der Waals surface area contributed by atoms with Crippen molar-refractivity contribution >= 4 is 21.7 Å². The predicted molar refractivity (Wildman–Crippen MR) is 22.8 cm³/mol. The number of hydrogen-bond acceptors (Lipinski definition) is 0. The molecule has 0 saturated heterocycles. The van der Waals surface area contributed by atoms with Crippen LogP contribution in [0, 0.1) is 0 Å². The van der Waals surface area contributed by atoms with Crippen molar-refractivity contribution in [2.75, 3.05) is 0 Å². The average Bonchev–Trinajstić information content (AvgIpc) is 0.918. The molecule has 0 unspecified atom stereocenters. The molecule has 4 heavy (non-hydrogen) atoms. The van der Waals surface area contributed by atoms with Gasteiger partial charge in [0.25, 0.3) is 0 Å². The molecule has 0 N–H and O–H groups in total. The van der Waals surface area contributed by atoms with Crippen LogP contribution in [0.2, 0.25) is 0 Å². The van der Waals surface area contributed by atoms with E-state index in [1.165, 1.54) is 0 Å². The van der Waals surface area contributed by atoms with Gasteiger partial charge in [-0.15, -0.1) is 0 Å². The Hall–Kier alpha value is 1.06. The maximum absolute atomic E-state index is 4.75. The molecule has 0 aromatic heterocycles. The van der Waals surface area contributed by atoms with Crippen LogP contribution in [0.4, 0.5) is 0 Å². The molecule has 0 aromatic rings. The minimum Gasteiger partial charge on any atom is -0.0149 e. The fraction of sp³-hybridized carbons (Fsp3) is 0. The summed E-state index contributed by atoms with van der Waals surface area (Å²) in [5, 5.41) is 9.50. The summed E-state index contributed by atoms with van der Waals surface area (Å²) < 4.78 is 0. The van der Waals surface area contributed by atoms with E-state index in [1.54, 1.807) is 0 Å². The van der Waals surface area contributed by atoms with Crippen LogP contribution >= 0.6 is 0 Å². The predicted octanol–water partition coefficient (Wildman–Crippen LogP) is -2.22. The van der Waals surface area contributed by atoms with E-state index in [4.69, 9.17) is 10.8 Å². The Kier molecular flexibility index (Phi) is 19.9. The second kappa shape index (κ2) is 8.96. The summed E-state index contributed by atoms with van der Waals surface area (Å²) in [5.74, 6) is 0. The molecule has 4 heteroatoms. The van der Waals surface area contributed by atoms with Crippen LogP contribution in [-0.2, 0) is 17.4 Å². The van der Waals surface area contributed by atoms with Crippen molar-refractivity contribution in [2.24, 2.45) is 0 Å². The Balaban J connectivity index is 0. The van der Waals surface area contributed by atoms with Gasteiger partial charge in [0.15, 0.2) is 0 Å². The first-order chi connectivity index (χ1) is 1.41. The molecule has 0 rings (SSSR count). The zero-order valence-corrected chi connectivity index (χ0v) is 3.22. The second-order valence-electron chi connectivity index (χ2n) is 0.167. The summed E-state index contributed by atoms with van der Waals surface area (Å²) in [7, 11) is 0. The smallest absolute Gasteiger partial charge is 0.0149 e. The summed E-state index contributed by atoms with van der Waals surface area (Å²) in [6.45, 7) is 0. The van der Waals surface area contributed by atoms with Crippen molar-refractivity contribution in [1.29, 1.82) is 0 Å². The molecule has 0 saturated carbocycles. The average molecular weight is 102 g/mol. The molecule has 0 fully saturated rings. The molecule has 0 aliphatic carbocycles. The summed E-state index contributed by atoms with van der Waals surface area (Å²) >= 11 is -0.500. The van der Waals surface area contributed by atoms with Crippen LogP contribution in [-0.4, -0.2) is 21.7 Å². The third-order valence-electron chi connectivity index (χ3n) is 0. The largest absolute Gasteiger partial charge is 0.0149 e. The molecule has 0 bridgehead atoms. The molecule has 18 valence electrons. The van der Waals surface area contributed by atoms with E-state index in [1.807, 2.05) is 0 Å². The maximum Gasteiger partial charge on any atom is -0.0149 e. The van der Waals surface area contributed by atoms with Crippen LogP contribution in [0.3, 0.4) is 0 Å². The van der Waals surface area contributed by atoms with E-state index in [0.29, 0.717) is 0 Å². The molecule has 0 nitrogen and oxygen atoms in total. The van der Waals surface area contributed by atoms with Crippen molar-refractivity contribution in [3.63, 3.8) is 0 Å². The van der Waals surface area contributed by atoms with E-state index in [2.05, 4.69) is 0 Å². The second-order valence-corrected chi connectivity index (χ2v) is 0.687. The SMILES string of the molecule is [B]#[Ti]#[B].[SiH4]. The van der Waals surface area contributed by atoms with Crippen molar-refractivity contribution in [2.45, 2.75) is 0 Å². The van der Waals surface area contributed by atoms with Gasteiger partial charge in [-0.25, -0.2) is 0 Å². The topological polar surface area (TPSA) is 0 Å². The Morgan fingerprint density at radius 2 is 1.25 bits per heavy atom. The van der Waals surface area contributed by atoms with E-state index >= 15 is 0 Å². The van der Waals surface area contributed by atoms with E-state index in [-0.39, 0.29) is 11.0 Å². The molecule has 0 aliphatic heterocycles. The number of rotatable bonds is 0. The zero-order chi connectivity index (χ0) is 2.71. The van der Waals surface area contributed by atoms with Gasteiger partial charge in [0.05, 0.1) is 0 Å². The fourth-order valence-corrected chi connectivity index (χ4v) is 0. The van der Waals surface area contributed by atoms with Gasteiger partial charge in [0.1, 0.15) is 0 Å². The third kappa shape index (κ3) is 11.5. The van der Waals surface area contributed by atoms with Crippen molar-refractivity contribution in [3.05, 3.63) is 0 Å². The zero-order valence-electron chi connectivity index (χ0n) is 1.65. The normalized spacial score (nSPS) is 6.00. The Labute approximate surface area is 39.4 Å². The summed E-state index contributed by atoms with van der Waals surface area (Å²) in [6.07, 6.45) is 0. The monoisotopic (exact) mass is 102 g/mol. The van der Waals surface area contributed by atoms with Gasteiger partial charge >= 0.3 is 28.1 Å². The van der Waals surface area contributed by atoms with Gasteiger partial charge in [-0.05, 0) is 11.0 Å². The molecular formula is H4B2SiTi. The van der Waals surface area contributed by atoms with Crippen LogP contribution in [0.15, 0.2) is 0 Å². The van der Waals surface area contributed by atoms with Gasteiger partial charge in [-0.1, -0.05) is 0 Å². The molecule has 0 amide bonds. The van der Waals surface area contributed by atoms with Gasteiger partial charge in [0, 0.05) is 0 Å². The molecule has 0 radical (unpaired) electrons. The van der Waals surface area contributed by atoms with Crippen LogP contribution in [0.1, 0.15) is 0 Å². The molecule has 0 aliphatic rings. The van der Waals surface area contributed by atoms with Crippen LogP contribution in [0.5, 0.6) is 0 Å². The third-order valence-corrected chi connectivity index (χ3v) is 0. The minimum absolute atomic E-state index is 0. The van der Waals surface area contributed by atoms with Crippen LogP contribution in [0.25, 0.3) is 0 Å². The van der Waals surface area contributed by atoms with Gasteiger partial charge in [-0.3, -0.25) is 0 Å². The molecular weight excluding hydrogens is 97.6 g/mol. The van der Waals surface area contributed by atoms with E-state index in [0.717, 1.165) is 0 Å². The number of hydrogen-bond donors (Lipinski definition) is 0. The summed E-state index contributed by atoms with van der Waals surface area (Å²) in [4.78, 5) is 0. The van der Waals surface area contributed by atoms with Gasteiger partial charge in [-0.2, -0.15) is 0 Å². The quantitative estimate of drug-likeness (QED) is 0.304. The Morgan fingerprint density at radius 3 is 1.25 bits per heavy atom. The molecule has 0 spiro atoms. The first kappa shape index (κ1) is 8.91. The van der Waals surface area contributed by atoms with Crippen LogP contribution < -0.4 is 0 Å². The van der Waals surface area contributed by atoms with Gasteiger partial charge < -0.3 is 0 Å². The Bertz CT molecular complexity index is 79.2. The minimum atomic E-state index is -0.500. The molecule has 0 aromatic carbocycles. The van der Waals surface area contributed by atoms with E-state index < -0.39 is 17.4 Å². The van der Waals surface area contributed by atoms with Gasteiger partial charge in [0.2, 0.25) is 0 Å². The summed E-state index contributed by atoms with van der Waals surface area (Å²) in [6, 6.07) is 0. The summed E-state index contributed by atoms with van der Waals surface area (Å²) in [5.41, 5.74) is 0. The van der Waals surface area contributed by atoms with Crippen molar-refractivity contribution in [3.8, 4) is 0 Å². The molecule has 0 atom stereocenters. The van der Waals surface area contributed by atoms with E-state index in [9.17, 15) is 0 Å². The standard InChI is InChI=1S/2B.H4Si.Ti/h;;1H4;.